The summed E-state index contributed by atoms with van der Waals surface area (Å²) < 4.78 is 0. The molecule has 0 unspecified atom stereocenters. The van der Waals surface area contributed by atoms with Crippen LogP contribution in [-0.2, 0) is 0 Å². The number of rotatable bonds is 2. The summed E-state index contributed by atoms with van der Waals surface area (Å²) in [6, 6.07) is 19.1. The van der Waals surface area contributed by atoms with E-state index in [2.05, 4.69) is 9.97 Å². The maximum absolute atomic E-state index is 6.19. The second kappa shape index (κ2) is 5.31. The number of hydrogen-bond acceptors (Lipinski definition) is 3. The van der Waals surface area contributed by atoms with Crippen LogP contribution in [0.5, 0.6) is 0 Å². The zero-order valence-electron chi connectivity index (χ0n) is 10.6. The quantitative estimate of drug-likeness (QED) is 0.771. The van der Waals surface area contributed by atoms with Crippen molar-refractivity contribution in [2.24, 2.45) is 0 Å². The molecule has 3 rings (SSSR count). The van der Waals surface area contributed by atoms with E-state index in [4.69, 9.17) is 17.3 Å². The minimum atomic E-state index is 0.425. The first-order chi connectivity index (χ1) is 9.74. The molecule has 0 fully saturated rings. The summed E-state index contributed by atoms with van der Waals surface area (Å²) >= 11 is 6.19. The van der Waals surface area contributed by atoms with Gasteiger partial charge in [-0.1, -0.05) is 54.1 Å². The smallest absolute Gasteiger partial charge is 0.163 e. The summed E-state index contributed by atoms with van der Waals surface area (Å²) in [4.78, 5) is 8.83. The van der Waals surface area contributed by atoms with Crippen LogP contribution in [0.2, 0.25) is 5.02 Å². The van der Waals surface area contributed by atoms with Gasteiger partial charge in [-0.25, -0.2) is 9.97 Å². The largest absolute Gasteiger partial charge is 0.384 e. The Morgan fingerprint density at radius 3 is 2.30 bits per heavy atom. The summed E-state index contributed by atoms with van der Waals surface area (Å²) in [5.41, 5.74) is 8.45. The Bertz CT molecular complexity index is 742. The van der Waals surface area contributed by atoms with Crippen molar-refractivity contribution < 1.29 is 0 Å². The molecule has 3 nitrogen and oxygen atoms in total. The average Bonchev–Trinajstić information content (AvgIpc) is 2.48. The van der Waals surface area contributed by atoms with Crippen LogP contribution in [0.1, 0.15) is 0 Å². The Kier molecular flexibility index (Phi) is 3.35. The first kappa shape index (κ1) is 12.6. The van der Waals surface area contributed by atoms with Gasteiger partial charge in [0.1, 0.15) is 5.82 Å². The fraction of sp³-hybridized carbons (Fsp3) is 0. The lowest BCUT2D eigenvalue weighted by molar-refractivity contribution is 1.19. The van der Waals surface area contributed by atoms with Crippen molar-refractivity contribution in [2.45, 2.75) is 0 Å². The Morgan fingerprint density at radius 1 is 0.850 bits per heavy atom. The lowest BCUT2D eigenvalue weighted by atomic mass is 10.1. The minimum absolute atomic E-state index is 0.425. The van der Waals surface area contributed by atoms with Crippen LogP contribution in [0.3, 0.4) is 0 Å². The normalized spacial score (nSPS) is 10.4. The van der Waals surface area contributed by atoms with Gasteiger partial charge in [-0.3, -0.25) is 0 Å². The maximum atomic E-state index is 6.19. The molecule has 0 saturated carbocycles. The van der Waals surface area contributed by atoms with Crippen molar-refractivity contribution in [1.82, 2.24) is 9.97 Å². The summed E-state index contributed by atoms with van der Waals surface area (Å²) in [6.45, 7) is 0. The number of hydrogen-bond donors (Lipinski definition) is 1. The summed E-state index contributed by atoms with van der Waals surface area (Å²) in [5, 5.41) is 0.608. The van der Waals surface area contributed by atoms with E-state index >= 15 is 0 Å². The number of halogens is 1. The number of anilines is 1. The first-order valence-electron chi connectivity index (χ1n) is 6.19. The van der Waals surface area contributed by atoms with Crippen LogP contribution in [0.25, 0.3) is 22.6 Å². The number of aromatic nitrogens is 2. The molecule has 1 heterocycles. The molecule has 2 aromatic carbocycles. The zero-order valence-corrected chi connectivity index (χ0v) is 11.4. The van der Waals surface area contributed by atoms with Crippen LogP contribution in [-0.4, -0.2) is 9.97 Å². The van der Waals surface area contributed by atoms with Gasteiger partial charge in [0, 0.05) is 17.2 Å². The van der Waals surface area contributed by atoms with Gasteiger partial charge in [0.15, 0.2) is 5.82 Å². The number of nitrogens with zero attached hydrogens (tertiary/aromatic N) is 2. The van der Waals surface area contributed by atoms with E-state index in [0.717, 1.165) is 16.8 Å². The van der Waals surface area contributed by atoms with Gasteiger partial charge in [-0.05, 0) is 12.1 Å². The highest BCUT2D eigenvalue weighted by atomic mass is 35.5. The minimum Gasteiger partial charge on any atom is -0.384 e. The molecule has 3 aromatic rings. The second-order valence-electron chi connectivity index (χ2n) is 4.35. The Balaban J connectivity index is 2.15. The SMILES string of the molecule is Nc1cc(-c2ccccc2)nc(-c2ccccc2Cl)n1. The number of nitrogens with two attached hydrogens (primary N) is 1. The van der Waals surface area contributed by atoms with Crippen LogP contribution in [0.4, 0.5) is 5.82 Å². The Labute approximate surface area is 122 Å². The van der Waals surface area contributed by atoms with Gasteiger partial charge >= 0.3 is 0 Å². The van der Waals surface area contributed by atoms with Gasteiger partial charge in [0.2, 0.25) is 0 Å². The molecule has 0 aliphatic heterocycles. The highest BCUT2D eigenvalue weighted by Crippen LogP contribution is 2.27. The van der Waals surface area contributed by atoms with E-state index < -0.39 is 0 Å². The van der Waals surface area contributed by atoms with Crippen LogP contribution in [0.15, 0.2) is 60.7 Å². The predicted molar refractivity (Wildman–Crippen MR) is 82.3 cm³/mol. The van der Waals surface area contributed by atoms with Crippen LogP contribution < -0.4 is 5.73 Å². The molecule has 0 atom stereocenters. The molecule has 0 saturated heterocycles. The van der Waals surface area contributed by atoms with Gasteiger partial charge in [-0.2, -0.15) is 0 Å². The molecule has 20 heavy (non-hydrogen) atoms. The number of benzene rings is 2. The van der Waals surface area contributed by atoms with Crippen molar-refractivity contribution in [3.8, 4) is 22.6 Å². The van der Waals surface area contributed by atoms with Crippen LogP contribution in [0, 0.1) is 0 Å². The molecular weight excluding hydrogens is 270 g/mol. The van der Waals surface area contributed by atoms with Gasteiger partial charge in [-0.15, -0.1) is 0 Å². The fourth-order valence-corrected chi connectivity index (χ4v) is 2.21. The third-order valence-corrected chi connectivity index (χ3v) is 3.26. The van der Waals surface area contributed by atoms with Crippen molar-refractivity contribution in [1.29, 1.82) is 0 Å². The molecule has 4 heteroatoms. The molecule has 0 amide bonds. The highest BCUT2D eigenvalue weighted by Gasteiger charge is 2.09. The first-order valence-corrected chi connectivity index (χ1v) is 6.57. The third-order valence-electron chi connectivity index (χ3n) is 2.93. The average molecular weight is 282 g/mol. The molecule has 0 aliphatic carbocycles. The lowest BCUT2D eigenvalue weighted by Crippen LogP contribution is -1.98. The zero-order chi connectivity index (χ0) is 13.9. The standard InChI is InChI=1S/C16H12ClN3/c17-13-9-5-4-8-12(13)16-19-14(10-15(18)20-16)11-6-2-1-3-7-11/h1-10H,(H2,18,19,20). The van der Waals surface area contributed by atoms with E-state index in [1.54, 1.807) is 6.07 Å². The van der Waals surface area contributed by atoms with Gasteiger partial charge in [0.05, 0.1) is 10.7 Å². The van der Waals surface area contributed by atoms with E-state index in [9.17, 15) is 0 Å². The molecule has 98 valence electrons. The molecule has 2 N–H and O–H groups in total. The van der Waals surface area contributed by atoms with E-state index in [1.807, 2.05) is 54.6 Å². The van der Waals surface area contributed by atoms with Crippen molar-refractivity contribution in [3.63, 3.8) is 0 Å². The number of nitrogen functional groups attached to an aromatic ring is 1. The maximum Gasteiger partial charge on any atom is 0.163 e. The highest BCUT2D eigenvalue weighted by molar-refractivity contribution is 6.33. The fourth-order valence-electron chi connectivity index (χ4n) is 1.99. The summed E-state index contributed by atoms with van der Waals surface area (Å²) in [7, 11) is 0. The van der Waals surface area contributed by atoms with Crippen LogP contribution >= 0.6 is 11.6 Å². The summed E-state index contributed by atoms with van der Waals surface area (Å²) in [5.74, 6) is 0.961. The molecule has 0 aliphatic rings. The van der Waals surface area contributed by atoms with Gasteiger partial charge < -0.3 is 5.73 Å². The van der Waals surface area contributed by atoms with E-state index in [0.29, 0.717) is 16.7 Å². The van der Waals surface area contributed by atoms with Crippen molar-refractivity contribution in [3.05, 3.63) is 65.7 Å². The Morgan fingerprint density at radius 2 is 1.55 bits per heavy atom. The van der Waals surface area contributed by atoms with E-state index in [1.165, 1.54) is 0 Å². The van der Waals surface area contributed by atoms with Gasteiger partial charge in [0.25, 0.3) is 0 Å². The molecule has 1 aromatic heterocycles. The monoisotopic (exact) mass is 281 g/mol. The van der Waals surface area contributed by atoms with E-state index in [-0.39, 0.29) is 0 Å². The molecule has 0 radical (unpaired) electrons. The molecule has 0 spiro atoms. The predicted octanol–water partition coefficient (Wildman–Crippen LogP) is 4.05. The Hall–Kier alpha value is -2.39. The third kappa shape index (κ3) is 2.49. The topological polar surface area (TPSA) is 51.8 Å². The summed E-state index contributed by atoms with van der Waals surface area (Å²) in [6.07, 6.45) is 0. The molecular formula is C16H12ClN3. The lowest BCUT2D eigenvalue weighted by Gasteiger charge is -2.07. The molecule has 0 bridgehead atoms. The van der Waals surface area contributed by atoms with Crippen molar-refractivity contribution in [2.75, 3.05) is 5.73 Å². The second-order valence-corrected chi connectivity index (χ2v) is 4.75. The van der Waals surface area contributed by atoms with Crippen molar-refractivity contribution >= 4 is 17.4 Å².